The Balaban J connectivity index is 1.93. The van der Waals surface area contributed by atoms with Gasteiger partial charge in [0.05, 0.1) is 12.3 Å². The summed E-state index contributed by atoms with van der Waals surface area (Å²) in [6.07, 6.45) is 7.01. The van der Waals surface area contributed by atoms with E-state index in [2.05, 4.69) is 11.2 Å². The second-order valence-electron chi connectivity index (χ2n) is 5.02. The molecule has 0 saturated carbocycles. The summed E-state index contributed by atoms with van der Waals surface area (Å²) in [4.78, 5) is 4.97. The van der Waals surface area contributed by atoms with Gasteiger partial charge < -0.3 is 14.7 Å². The minimum Gasteiger partial charge on any atom is -0.490 e. The highest BCUT2D eigenvalue weighted by atomic mass is 16.6. The molecule has 1 aromatic carbocycles. The number of aliphatic hydroxyl groups excluding tert-OH is 1. The highest BCUT2D eigenvalue weighted by Gasteiger charge is 2.19. The SMILES string of the molecule is CCO/N=C/c1ccc2c(c1)CCC(CCCCO)O2. The lowest BCUT2D eigenvalue weighted by atomic mass is 9.97. The first-order valence-electron chi connectivity index (χ1n) is 7.39. The number of aliphatic hydroxyl groups is 1. The molecule has 0 bridgehead atoms. The zero-order valence-electron chi connectivity index (χ0n) is 12.0. The van der Waals surface area contributed by atoms with Crippen molar-refractivity contribution in [2.45, 2.75) is 45.1 Å². The van der Waals surface area contributed by atoms with Crippen molar-refractivity contribution in [3.05, 3.63) is 29.3 Å². The van der Waals surface area contributed by atoms with E-state index in [1.54, 1.807) is 6.21 Å². The van der Waals surface area contributed by atoms with E-state index in [9.17, 15) is 0 Å². The fourth-order valence-electron chi connectivity index (χ4n) is 2.40. The molecule has 1 aromatic rings. The minimum atomic E-state index is 0.270. The first-order valence-corrected chi connectivity index (χ1v) is 7.39. The third-order valence-corrected chi connectivity index (χ3v) is 3.45. The minimum absolute atomic E-state index is 0.270. The number of nitrogens with zero attached hydrogens (tertiary/aromatic N) is 1. The van der Waals surface area contributed by atoms with Gasteiger partial charge in [-0.25, -0.2) is 0 Å². The van der Waals surface area contributed by atoms with Crippen molar-refractivity contribution >= 4 is 6.21 Å². The summed E-state index contributed by atoms with van der Waals surface area (Å²) in [7, 11) is 0. The number of fused-ring (bicyclic) bond motifs is 1. The van der Waals surface area contributed by atoms with Crippen molar-refractivity contribution in [2.24, 2.45) is 5.16 Å². The van der Waals surface area contributed by atoms with E-state index in [0.29, 0.717) is 6.61 Å². The largest absolute Gasteiger partial charge is 0.490 e. The fraction of sp³-hybridized carbons (Fsp3) is 0.562. The first kappa shape index (κ1) is 14.9. The number of oxime groups is 1. The molecule has 0 fully saturated rings. The molecule has 0 amide bonds. The lowest BCUT2D eigenvalue weighted by Gasteiger charge is -2.26. The van der Waals surface area contributed by atoms with Crippen LogP contribution in [0.1, 0.15) is 43.7 Å². The Labute approximate surface area is 120 Å². The number of benzene rings is 1. The fourth-order valence-corrected chi connectivity index (χ4v) is 2.40. The molecular weight excluding hydrogens is 254 g/mol. The van der Waals surface area contributed by atoms with E-state index in [1.165, 1.54) is 5.56 Å². The van der Waals surface area contributed by atoms with Crippen molar-refractivity contribution < 1.29 is 14.7 Å². The maximum Gasteiger partial charge on any atom is 0.122 e. The van der Waals surface area contributed by atoms with E-state index >= 15 is 0 Å². The predicted octanol–water partition coefficient (Wildman–Crippen LogP) is 2.91. The number of unbranched alkanes of at least 4 members (excludes halogenated alkanes) is 1. The van der Waals surface area contributed by atoms with Gasteiger partial charge in [0.15, 0.2) is 0 Å². The molecule has 1 heterocycles. The topological polar surface area (TPSA) is 51.0 Å². The monoisotopic (exact) mass is 277 g/mol. The third kappa shape index (κ3) is 4.23. The van der Waals surface area contributed by atoms with E-state index < -0.39 is 0 Å². The summed E-state index contributed by atoms with van der Waals surface area (Å²) in [6, 6.07) is 6.13. The lowest BCUT2D eigenvalue weighted by Crippen LogP contribution is -2.22. The molecule has 0 saturated heterocycles. The average Bonchev–Trinajstić information content (AvgIpc) is 2.48. The van der Waals surface area contributed by atoms with Crippen LogP contribution < -0.4 is 4.74 Å². The van der Waals surface area contributed by atoms with E-state index in [0.717, 1.165) is 43.4 Å². The molecule has 4 nitrogen and oxygen atoms in total. The Kier molecular flexibility index (Phi) is 5.87. The zero-order chi connectivity index (χ0) is 14.2. The molecule has 0 spiro atoms. The van der Waals surface area contributed by atoms with Gasteiger partial charge in [-0.2, -0.15) is 0 Å². The summed E-state index contributed by atoms with van der Waals surface area (Å²) >= 11 is 0. The number of rotatable bonds is 7. The molecule has 4 heteroatoms. The molecular formula is C16H23NO3. The van der Waals surface area contributed by atoms with Gasteiger partial charge in [0.25, 0.3) is 0 Å². The molecule has 1 N–H and O–H groups in total. The van der Waals surface area contributed by atoms with E-state index in [4.69, 9.17) is 14.7 Å². The van der Waals surface area contributed by atoms with Gasteiger partial charge in [0, 0.05) is 6.61 Å². The first-order chi connectivity index (χ1) is 9.83. The average molecular weight is 277 g/mol. The molecule has 2 rings (SSSR count). The van der Waals surface area contributed by atoms with Crippen LogP contribution in [0.4, 0.5) is 0 Å². The number of ether oxygens (including phenoxy) is 1. The second-order valence-corrected chi connectivity index (χ2v) is 5.02. The van der Waals surface area contributed by atoms with E-state index in [1.807, 2.05) is 19.1 Å². The smallest absolute Gasteiger partial charge is 0.122 e. The van der Waals surface area contributed by atoms with E-state index in [-0.39, 0.29) is 12.7 Å². The summed E-state index contributed by atoms with van der Waals surface area (Å²) < 4.78 is 6.00. The highest BCUT2D eigenvalue weighted by molar-refractivity contribution is 5.79. The maximum absolute atomic E-state index is 8.81. The Bertz CT molecular complexity index is 445. The van der Waals surface area contributed by atoms with Crippen LogP contribution in [0.3, 0.4) is 0 Å². The quantitative estimate of drug-likeness (QED) is 0.473. The second kappa shape index (κ2) is 7.90. The van der Waals surface area contributed by atoms with Gasteiger partial charge in [0.2, 0.25) is 0 Å². The van der Waals surface area contributed by atoms with Crippen LogP contribution in [0, 0.1) is 0 Å². The van der Waals surface area contributed by atoms with Crippen molar-refractivity contribution in [1.82, 2.24) is 0 Å². The van der Waals surface area contributed by atoms with Gasteiger partial charge in [-0.15, -0.1) is 0 Å². The van der Waals surface area contributed by atoms with Crippen LogP contribution >= 0.6 is 0 Å². The lowest BCUT2D eigenvalue weighted by molar-refractivity contribution is 0.156. The standard InChI is InChI=1S/C16H23NO3/c1-2-19-17-12-13-6-9-16-14(11-13)7-8-15(20-16)5-3-4-10-18/h6,9,11-12,15,18H,2-5,7-8,10H2,1H3/b17-12+. The van der Waals surface area contributed by atoms with Crippen LogP contribution in [0.5, 0.6) is 5.75 Å². The highest BCUT2D eigenvalue weighted by Crippen LogP contribution is 2.29. The molecule has 0 aliphatic carbocycles. The van der Waals surface area contributed by atoms with Gasteiger partial charge in [-0.3, -0.25) is 0 Å². The number of hydrogen-bond acceptors (Lipinski definition) is 4. The third-order valence-electron chi connectivity index (χ3n) is 3.45. The molecule has 1 aliphatic rings. The van der Waals surface area contributed by atoms with Gasteiger partial charge >= 0.3 is 0 Å². The maximum atomic E-state index is 8.81. The Hall–Kier alpha value is -1.55. The van der Waals surface area contributed by atoms with Crippen LogP contribution in [0.2, 0.25) is 0 Å². The normalized spacial score (nSPS) is 17.8. The van der Waals surface area contributed by atoms with Crippen molar-refractivity contribution in [3.8, 4) is 5.75 Å². The molecule has 110 valence electrons. The molecule has 0 radical (unpaired) electrons. The Morgan fingerprint density at radius 3 is 3.15 bits per heavy atom. The van der Waals surface area contributed by atoms with Gasteiger partial charge in [0.1, 0.15) is 12.4 Å². The van der Waals surface area contributed by atoms with Crippen molar-refractivity contribution in [1.29, 1.82) is 0 Å². The molecule has 1 unspecified atom stereocenters. The summed E-state index contributed by atoms with van der Waals surface area (Å²) in [5.41, 5.74) is 2.28. The van der Waals surface area contributed by atoms with Crippen LogP contribution in [-0.2, 0) is 11.3 Å². The van der Waals surface area contributed by atoms with Crippen molar-refractivity contribution in [2.75, 3.05) is 13.2 Å². The molecule has 20 heavy (non-hydrogen) atoms. The van der Waals surface area contributed by atoms with Gasteiger partial charge in [-0.05, 0) is 68.4 Å². The molecule has 1 atom stereocenters. The Morgan fingerprint density at radius 1 is 1.45 bits per heavy atom. The molecule has 1 aliphatic heterocycles. The summed E-state index contributed by atoms with van der Waals surface area (Å²) in [5, 5.41) is 12.7. The summed E-state index contributed by atoms with van der Waals surface area (Å²) in [5.74, 6) is 0.985. The number of hydrogen-bond donors (Lipinski definition) is 1. The predicted molar refractivity (Wildman–Crippen MR) is 79.3 cm³/mol. The number of aryl methyl sites for hydroxylation is 1. The Morgan fingerprint density at radius 2 is 2.35 bits per heavy atom. The van der Waals surface area contributed by atoms with Crippen LogP contribution in [0.15, 0.2) is 23.4 Å². The zero-order valence-corrected chi connectivity index (χ0v) is 12.0. The summed E-state index contributed by atoms with van der Waals surface area (Å²) in [6.45, 7) is 2.76. The van der Waals surface area contributed by atoms with Gasteiger partial charge in [-0.1, -0.05) is 5.16 Å². The van der Waals surface area contributed by atoms with Crippen LogP contribution in [-0.4, -0.2) is 30.6 Å². The van der Waals surface area contributed by atoms with Crippen LogP contribution in [0.25, 0.3) is 0 Å². The van der Waals surface area contributed by atoms with Crippen molar-refractivity contribution in [3.63, 3.8) is 0 Å². The molecule has 0 aromatic heterocycles.